The van der Waals surface area contributed by atoms with Crippen LogP contribution in [0, 0.1) is 0 Å². The third-order valence-electron chi connectivity index (χ3n) is 2.78. The van der Waals surface area contributed by atoms with Gasteiger partial charge in [0.05, 0.1) is 0 Å². The zero-order valence-electron chi connectivity index (χ0n) is 10.6. The molecule has 0 saturated carbocycles. The molecule has 3 heteroatoms. The van der Waals surface area contributed by atoms with E-state index in [4.69, 9.17) is 0 Å². The molecule has 0 aromatic rings. The molecule has 93 valence electrons. The number of hydrogen-bond donors (Lipinski definition) is 0. The van der Waals surface area contributed by atoms with Gasteiger partial charge in [-0.3, -0.25) is 0 Å². The average molecular weight is 358 g/mol. The predicted octanol–water partition coefficient (Wildman–Crippen LogP) is 5.12. The quantitative estimate of drug-likeness (QED) is 0.476. The SMILES string of the molecule is CCCCS(CCCC)(CCCC)[As]Br. The molecule has 0 heterocycles. The fraction of sp³-hybridized carbons (Fsp3) is 1.00. The standard InChI is InChI=1S/C12H27AsBrS/c1-4-7-10-15(13-14,11-8-5-2)12-9-6-3/h4-12H2,1-3H3. The third-order valence-corrected chi connectivity index (χ3v) is 21.1. The van der Waals surface area contributed by atoms with Crippen molar-refractivity contribution in [3.63, 3.8) is 0 Å². The molecular formula is C12H27AsBrS. The third kappa shape index (κ3) is 7.34. The van der Waals surface area contributed by atoms with Gasteiger partial charge in [-0.1, -0.05) is 0 Å². The molecule has 0 amide bonds. The first-order chi connectivity index (χ1) is 7.24. The molecule has 0 aromatic carbocycles. The van der Waals surface area contributed by atoms with Crippen LogP contribution < -0.4 is 0 Å². The summed E-state index contributed by atoms with van der Waals surface area (Å²) in [5.41, 5.74) is 0. The molecule has 0 bridgehead atoms. The van der Waals surface area contributed by atoms with E-state index < -0.39 is 0 Å². The Balaban J connectivity index is 4.16. The van der Waals surface area contributed by atoms with Gasteiger partial charge in [0, 0.05) is 0 Å². The zero-order chi connectivity index (χ0) is 11.6. The van der Waals surface area contributed by atoms with Crippen molar-refractivity contribution < 1.29 is 0 Å². The molecule has 15 heavy (non-hydrogen) atoms. The van der Waals surface area contributed by atoms with Gasteiger partial charge in [-0.05, 0) is 0 Å². The van der Waals surface area contributed by atoms with Crippen LogP contribution in [0.3, 0.4) is 0 Å². The van der Waals surface area contributed by atoms with Crippen LogP contribution in [0.1, 0.15) is 59.3 Å². The van der Waals surface area contributed by atoms with Gasteiger partial charge < -0.3 is 0 Å². The molecular weight excluding hydrogens is 331 g/mol. The van der Waals surface area contributed by atoms with E-state index in [1.54, 1.807) is 17.3 Å². The summed E-state index contributed by atoms with van der Waals surface area (Å²) >= 11 is 4.35. The average Bonchev–Trinajstić information content (AvgIpc) is 2.29. The van der Waals surface area contributed by atoms with Gasteiger partial charge >= 0.3 is 112 Å². The normalized spacial score (nSPS) is 13.9. The van der Waals surface area contributed by atoms with Crippen LogP contribution in [-0.4, -0.2) is 30.0 Å². The van der Waals surface area contributed by atoms with Crippen molar-refractivity contribution in [3.8, 4) is 0 Å². The van der Waals surface area contributed by atoms with E-state index in [1.165, 1.54) is 38.5 Å². The van der Waals surface area contributed by atoms with Gasteiger partial charge in [0.2, 0.25) is 0 Å². The van der Waals surface area contributed by atoms with E-state index in [-0.39, 0.29) is 8.29 Å². The van der Waals surface area contributed by atoms with E-state index in [0.717, 1.165) is 0 Å². The Labute approximate surface area is 111 Å². The molecule has 0 fully saturated rings. The minimum absolute atomic E-state index is 0.210. The second kappa shape index (κ2) is 10.5. The Morgan fingerprint density at radius 1 is 0.800 bits per heavy atom. The summed E-state index contributed by atoms with van der Waals surface area (Å²) in [5, 5.41) is 0. The van der Waals surface area contributed by atoms with Gasteiger partial charge in [-0.2, -0.15) is 0 Å². The zero-order valence-corrected chi connectivity index (χ0v) is 14.9. The van der Waals surface area contributed by atoms with Crippen molar-refractivity contribution in [1.82, 2.24) is 0 Å². The Morgan fingerprint density at radius 2 is 1.13 bits per heavy atom. The van der Waals surface area contributed by atoms with E-state index in [2.05, 4.69) is 34.7 Å². The van der Waals surface area contributed by atoms with E-state index in [0.29, 0.717) is 12.7 Å². The van der Waals surface area contributed by atoms with Crippen molar-refractivity contribution in [1.29, 1.82) is 0 Å². The van der Waals surface area contributed by atoms with Crippen molar-refractivity contribution >= 4 is 35.0 Å². The van der Waals surface area contributed by atoms with Crippen LogP contribution in [0.25, 0.3) is 0 Å². The number of halogens is 1. The summed E-state index contributed by atoms with van der Waals surface area (Å²) in [6.07, 6.45) is 8.52. The number of hydrogen-bond acceptors (Lipinski definition) is 0. The summed E-state index contributed by atoms with van der Waals surface area (Å²) in [4.78, 5) is 0. The Hall–Kier alpha value is 1.39. The fourth-order valence-electron chi connectivity index (χ4n) is 1.65. The summed E-state index contributed by atoms with van der Waals surface area (Å²) in [5.74, 6) is 4.65. The van der Waals surface area contributed by atoms with Crippen LogP contribution >= 0.6 is 22.2 Å². The van der Waals surface area contributed by atoms with Gasteiger partial charge in [0.15, 0.2) is 0 Å². The summed E-state index contributed by atoms with van der Waals surface area (Å²) in [7, 11) is -0.210. The van der Waals surface area contributed by atoms with Crippen molar-refractivity contribution in [2.45, 2.75) is 59.3 Å². The molecule has 0 aliphatic rings. The Kier molecular flexibility index (Phi) is 11.5. The van der Waals surface area contributed by atoms with Crippen LogP contribution in [0.2, 0.25) is 0 Å². The Morgan fingerprint density at radius 3 is 1.33 bits per heavy atom. The second-order valence-corrected chi connectivity index (χ2v) is 17.9. The first-order valence-electron chi connectivity index (χ1n) is 6.34. The fourth-order valence-corrected chi connectivity index (χ4v) is 15.5. The summed E-state index contributed by atoms with van der Waals surface area (Å²) in [6.45, 7) is 6.98. The monoisotopic (exact) mass is 357 g/mol. The molecule has 0 aromatic heterocycles. The minimum atomic E-state index is -0.210. The van der Waals surface area contributed by atoms with Crippen molar-refractivity contribution in [2.24, 2.45) is 0 Å². The molecule has 0 atom stereocenters. The van der Waals surface area contributed by atoms with Gasteiger partial charge in [0.25, 0.3) is 0 Å². The molecule has 0 saturated heterocycles. The van der Waals surface area contributed by atoms with E-state index in [1.807, 2.05) is 0 Å². The molecule has 1 radical (unpaired) electrons. The van der Waals surface area contributed by atoms with Gasteiger partial charge in [0.1, 0.15) is 0 Å². The topological polar surface area (TPSA) is 0 Å². The molecule has 0 unspecified atom stereocenters. The number of unbranched alkanes of at least 4 members (excludes halogenated alkanes) is 3. The number of rotatable bonds is 10. The molecule has 0 aliphatic carbocycles. The summed E-state index contributed by atoms with van der Waals surface area (Å²) in [6, 6.07) is 0. The van der Waals surface area contributed by atoms with Crippen LogP contribution in [-0.2, 0) is 0 Å². The first kappa shape index (κ1) is 16.4. The van der Waals surface area contributed by atoms with Crippen molar-refractivity contribution in [2.75, 3.05) is 17.3 Å². The maximum atomic E-state index is 3.89. The van der Waals surface area contributed by atoms with E-state index >= 15 is 0 Å². The molecule has 0 rings (SSSR count). The van der Waals surface area contributed by atoms with Gasteiger partial charge in [-0.15, -0.1) is 0 Å². The maximum absolute atomic E-state index is 3.89. The van der Waals surface area contributed by atoms with E-state index in [9.17, 15) is 0 Å². The van der Waals surface area contributed by atoms with Crippen LogP contribution in [0.15, 0.2) is 0 Å². The molecule has 0 N–H and O–H groups in total. The van der Waals surface area contributed by atoms with Crippen LogP contribution in [0.5, 0.6) is 0 Å². The molecule has 0 spiro atoms. The first-order valence-corrected chi connectivity index (χ1v) is 15.1. The van der Waals surface area contributed by atoms with Crippen molar-refractivity contribution in [3.05, 3.63) is 0 Å². The predicted molar refractivity (Wildman–Crippen MR) is 81.6 cm³/mol. The second-order valence-electron chi connectivity index (χ2n) is 4.24. The molecule has 0 aliphatic heterocycles. The summed E-state index contributed by atoms with van der Waals surface area (Å²) < 4.78 is 0. The molecule has 0 nitrogen and oxygen atoms in total. The Bertz CT molecular complexity index is 120. The van der Waals surface area contributed by atoms with Gasteiger partial charge in [-0.25, -0.2) is 0 Å². The van der Waals surface area contributed by atoms with Crippen LogP contribution in [0.4, 0.5) is 0 Å².